The Hall–Kier alpha value is -2.99. The van der Waals surface area contributed by atoms with Crippen LogP contribution in [0.25, 0.3) is 0 Å². The van der Waals surface area contributed by atoms with E-state index >= 15 is 0 Å². The first-order chi connectivity index (χ1) is 24.0. The molecule has 2 rings (SSSR count). The first-order valence-corrected chi connectivity index (χ1v) is 20.0. The number of rotatable bonds is 26. The zero-order valence-corrected chi connectivity index (χ0v) is 31.5. The number of nitrogens with one attached hydrogen (secondary N) is 1. The molecule has 1 aliphatic rings. The van der Waals surface area contributed by atoms with Gasteiger partial charge in [0.15, 0.2) is 0 Å². The van der Waals surface area contributed by atoms with Crippen LogP contribution in [0, 0.1) is 0 Å². The molecule has 1 fully saturated rings. The minimum atomic E-state index is -3.67. The van der Waals surface area contributed by atoms with E-state index in [1.54, 1.807) is 30.9 Å². The number of carboxylic acids is 1. The first-order valence-electron chi connectivity index (χ1n) is 18.3. The average Bonchev–Trinajstić information content (AvgIpc) is 3.08. The number of hydrogen-bond donors (Lipinski definition) is 2. The third-order valence-corrected chi connectivity index (χ3v) is 10.4. The van der Waals surface area contributed by atoms with E-state index in [4.69, 9.17) is 18.5 Å². The molecule has 1 aliphatic heterocycles. The van der Waals surface area contributed by atoms with Crippen molar-refractivity contribution in [2.24, 2.45) is 0 Å². The van der Waals surface area contributed by atoms with Gasteiger partial charge in [-0.15, -0.1) is 0 Å². The van der Waals surface area contributed by atoms with Gasteiger partial charge in [0.25, 0.3) is 0 Å². The lowest BCUT2D eigenvalue weighted by Crippen LogP contribution is -2.49. The molecule has 0 unspecified atom stereocenters. The van der Waals surface area contributed by atoms with E-state index in [-0.39, 0.29) is 50.0 Å². The van der Waals surface area contributed by atoms with Gasteiger partial charge in [-0.1, -0.05) is 70.8 Å². The summed E-state index contributed by atoms with van der Waals surface area (Å²) in [7, 11) is -2.27. The highest BCUT2D eigenvalue weighted by Gasteiger charge is 2.30. The zero-order valence-electron chi connectivity index (χ0n) is 30.6. The average molecular weight is 726 g/mol. The number of carbonyl (C=O) groups excluding carboxylic acids is 3. The largest absolute Gasteiger partial charge is 0.491 e. The molecule has 0 saturated carbocycles. The quantitative estimate of drug-likeness (QED) is 0.0898. The monoisotopic (exact) mass is 725 g/mol. The number of hydrogen-bond acceptors (Lipinski definition) is 9. The Morgan fingerprint density at radius 3 is 2.12 bits per heavy atom. The van der Waals surface area contributed by atoms with Gasteiger partial charge in [-0.25, -0.2) is 4.79 Å². The molecule has 0 aromatic heterocycles. The molecule has 13 nitrogen and oxygen atoms in total. The van der Waals surface area contributed by atoms with Gasteiger partial charge in [0.2, 0.25) is 17.7 Å². The van der Waals surface area contributed by atoms with Crippen LogP contribution in [-0.4, -0.2) is 111 Å². The molecule has 3 amide bonds. The molecule has 284 valence electrons. The minimum absolute atomic E-state index is 0.0141. The highest BCUT2D eigenvalue weighted by Crippen LogP contribution is 2.47. The minimum Gasteiger partial charge on any atom is -0.491 e. The van der Waals surface area contributed by atoms with Crippen LogP contribution in [0.2, 0.25) is 0 Å². The molecule has 1 atom stereocenters. The molecular weight excluding hydrogens is 665 g/mol. The summed E-state index contributed by atoms with van der Waals surface area (Å²) in [4.78, 5) is 53.9. The number of morpholine rings is 1. The Morgan fingerprint density at radius 1 is 0.940 bits per heavy atom. The lowest BCUT2D eigenvalue weighted by molar-refractivity contribution is -0.137. The number of unbranched alkanes of at least 4 members (excludes halogenated alkanes) is 9. The molecule has 2 N–H and O–H groups in total. The highest BCUT2D eigenvalue weighted by atomic mass is 31.2. The van der Waals surface area contributed by atoms with Gasteiger partial charge < -0.3 is 38.7 Å². The Kier molecular flexibility index (Phi) is 20.9. The van der Waals surface area contributed by atoms with Crippen molar-refractivity contribution >= 4 is 31.3 Å². The number of nitrogens with zero attached hydrogens (tertiary/aromatic N) is 2. The summed E-state index contributed by atoms with van der Waals surface area (Å²) in [5.41, 5.74) is 0.936. The van der Waals surface area contributed by atoms with E-state index < -0.39 is 37.6 Å². The van der Waals surface area contributed by atoms with E-state index in [0.29, 0.717) is 26.3 Å². The van der Waals surface area contributed by atoms with Crippen molar-refractivity contribution in [1.82, 2.24) is 15.1 Å². The lowest BCUT2D eigenvalue weighted by atomic mass is 10.0. The maximum Gasteiger partial charge on any atom is 0.340 e. The number of aryl methyl sites for hydroxylation is 1. The van der Waals surface area contributed by atoms with Crippen molar-refractivity contribution in [3.05, 3.63) is 29.3 Å². The van der Waals surface area contributed by atoms with Crippen molar-refractivity contribution in [1.29, 1.82) is 0 Å². The molecule has 14 heteroatoms. The van der Waals surface area contributed by atoms with Crippen LogP contribution in [0.1, 0.15) is 107 Å². The first kappa shape index (κ1) is 43.2. The predicted molar refractivity (Wildman–Crippen MR) is 192 cm³/mol. The fourth-order valence-electron chi connectivity index (χ4n) is 5.71. The second-order valence-electron chi connectivity index (χ2n) is 12.7. The number of benzene rings is 1. The van der Waals surface area contributed by atoms with E-state index in [0.717, 1.165) is 29.7 Å². The van der Waals surface area contributed by atoms with Gasteiger partial charge in [-0.2, -0.15) is 0 Å². The topological polar surface area (TPSA) is 161 Å². The van der Waals surface area contributed by atoms with E-state index in [2.05, 4.69) is 12.2 Å². The highest BCUT2D eigenvalue weighted by molar-refractivity contribution is 7.54. The third-order valence-electron chi connectivity index (χ3n) is 8.47. The lowest BCUT2D eigenvalue weighted by Gasteiger charge is -2.29. The van der Waals surface area contributed by atoms with Gasteiger partial charge in [0.05, 0.1) is 45.4 Å². The van der Waals surface area contributed by atoms with E-state index in [9.17, 15) is 28.8 Å². The van der Waals surface area contributed by atoms with Crippen LogP contribution in [-0.2, 0) is 39.2 Å². The molecule has 1 aromatic carbocycles. The van der Waals surface area contributed by atoms with E-state index in [1.807, 2.05) is 0 Å². The summed E-state index contributed by atoms with van der Waals surface area (Å²) in [6.07, 6.45) is 12.4. The summed E-state index contributed by atoms with van der Waals surface area (Å²) in [6.45, 7) is 6.80. The Morgan fingerprint density at radius 2 is 1.54 bits per heavy atom. The van der Waals surface area contributed by atoms with Crippen LogP contribution in [0.15, 0.2) is 18.2 Å². The molecule has 0 spiro atoms. The van der Waals surface area contributed by atoms with Crippen molar-refractivity contribution in [2.45, 2.75) is 104 Å². The summed E-state index contributed by atoms with van der Waals surface area (Å²) < 4.78 is 34.6. The van der Waals surface area contributed by atoms with Gasteiger partial charge in [0.1, 0.15) is 24.1 Å². The van der Waals surface area contributed by atoms with Crippen LogP contribution in [0.4, 0.5) is 0 Å². The van der Waals surface area contributed by atoms with Crippen molar-refractivity contribution in [3.63, 3.8) is 0 Å². The van der Waals surface area contributed by atoms with E-state index in [1.165, 1.54) is 64.5 Å². The molecule has 1 heterocycles. The Bertz CT molecular complexity index is 1230. The fraction of sp³-hybridized carbons (Fsp3) is 0.722. The zero-order chi connectivity index (χ0) is 36.8. The fourth-order valence-corrected chi connectivity index (χ4v) is 7.33. The number of ether oxygens (including phenoxy) is 2. The SMILES string of the molecule is CCCCCCCCCCCCc1ccc(C(=O)O)c(OC[C@H](CC(=O)N2CCOCC2)NC(=O)CN(C)C(=O)CP(=O)(OCC)OCC)c1. The smallest absolute Gasteiger partial charge is 0.340 e. The van der Waals surface area contributed by atoms with Gasteiger partial charge in [-0.05, 0) is 44.4 Å². The number of likely N-dealkylation sites (N-methyl/N-ethyl adjacent to an activating group) is 1. The molecule has 0 bridgehead atoms. The normalized spacial score (nSPS) is 13.9. The van der Waals surface area contributed by atoms with Crippen LogP contribution in [0.3, 0.4) is 0 Å². The third kappa shape index (κ3) is 16.8. The summed E-state index contributed by atoms with van der Waals surface area (Å²) in [6, 6.07) is 4.22. The number of amides is 3. The molecule has 1 saturated heterocycles. The van der Waals surface area contributed by atoms with Crippen molar-refractivity contribution in [2.75, 3.05) is 65.9 Å². The summed E-state index contributed by atoms with van der Waals surface area (Å²) in [5, 5.41) is 12.6. The molecular formula is C36H60N3O10P. The van der Waals surface area contributed by atoms with Crippen LogP contribution >= 0.6 is 7.60 Å². The second kappa shape index (κ2) is 24.2. The summed E-state index contributed by atoms with van der Waals surface area (Å²) in [5.74, 6) is -2.37. The number of aromatic carboxylic acids is 1. The molecule has 0 aliphatic carbocycles. The van der Waals surface area contributed by atoms with Gasteiger partial charge in [-0.3, -0.25) is 18.9 Å². The summed E-state index contributed by atoms with van der Waals surface area (Å²) >= 11 is 0. The second-order valence-corrected chi connectivity index (χ2v) is 14.7. The standard InChI is InChI=1S/C36H60N3O10P/c1-5-8-9-10-11-12-13-14-15-16-17-29-18-19-31(36(43)44)32(24-29)47-27-30(25-34(41)39-20-22-46-23-21-39)37-33(40)26-38(4)35(42)28-50(45,48-6-2)49-7-3/h18-19,24,30H,5-17,20-23,25-28H2,1-4H3,(H,37,40)(H,43,44)/t30-/m0/s1. The molecule has 50 heavy (non-hydrogen) atoms. The van der Waals surface area contributed by atoms with Crippen LogP contribution < -0.4 is 10.1 Å². The molecule has 0 radical (unpaired) electrons. The predicted octanol–water partition coefficient (Wildman–Crippen LogP) is 5.69. The van der Waals surface area contributed by atoms with Gasteiger partial charge in [0, 0.05) is 20.1 Å². The number of carboxylic acid groups (broad SMARTS) is 1. The Balaban J connectivity index is 2.04. The number of carbonyl (C=O) groups is 4. The Labute approximate surface area is 298 Å². The maximum absolute atomic E-state index is 13.2. The molecule has 1 aromatic rings. The van der Waals surface area contributed by atoms with Crippen LogP contribution in [0.5, 0.6) is 5.75 Å². The maximum atomic E-state index is 13.2. The van der Waals surface area contributed by atoms with Gasteiger partial charge >= 0.3 is 13.6 Å². The van der Waals surface area contributed by atoms with Crippen molar-refractivity contribution in [3.8, 4) is 5.75 Å². The van der Waals surface area contributed by atoms with Crippen molar-refractivity contribution < 1.29 is 47.4 Å².